The summed E-state index contributed by atoms with van der Waals surface area (Å²) in [5, 5.41) is 0. The van der Waals surface area contributed by atoms with Gasteiger partial charge < -0.3 is 0 Å². The lowest BCUT2D eigenvalue weighted by Crippen LogP contribution is -2.30. The Labute approximate surface area is 196 Å². The molecule has 2 aliphatic rings. The SMILES string of the molecule is C/C=C/CCc1ccc(-c2c(F)cc(C3CCC4CC(/C=C/C)CCC4C3)cc2F)cc1F. The molecule has 2 aromatic carbocycles. The van der Waals surface area contributed by atoms with Gasteiger partial charge in [-0.1, -0.05) is 36.4 Å². The van der Waals surface area contributed by atoms with Crippen LogP contribution in [0.5, 0.6) is 0 Å². The molecule has 2 aliphatic carbocycles. The largest absolute Gasteiger partial charge is 0.207 e. The molecule has 2 aromatic rings. The lowest BCUT2D eigenvalue weighted by molar-refractivity contribution is 0.133. The van der Waals surface area contributed by atoms with Crippen LogP contribution in [-0.4, -0.2) is 0 Å². The fourth-order valence-corrected chi connectivity index (χ4v) is 6.09. The van der Waals surface area contributed by atoms with E-state index in [4.69, 9.17) is 0 Å². The molecular weight excluding hydrogens is 417 g/mol. The van der Waals surface area contributed by atoms with Crippen molar-refractivity contribution in [2.75, 3.05) is 0 Å². The second-order valence-electron chi connectivity index (χ2n) is 9.90. The molecule has 0 spiro atoms. The molecular formula is C30H35F3. The van der Waals surface area contributed by atoms with E-state index in [-0.39, 0.29) is 17.0 Å². The van der Waals surface area contributed by atoms with E-state index < -0.39 is 17.5 Å². The summed E-state index contributed by atoms with van der Waals surface area (Å²) in [4.78, 5) is 0. The van der Waals surface area contributed by atoms with Crippen LogP contribution < -0.4 is 0 Å². The van der Waals surface area contributed by atoms with Crippen molar-refractivity contribution in [2.45, 2.75) is 71.1 Å². The van der Waals surface area contributed by atoms with Gasteiger partial charge >= 0.3 is 0 Å². The van der Waals surface area contributed by atoms with Gasteiger partial charge in [0.1, 0.15) is 17.5 Å². The molecule has 4 rings (SSSR count). The second-order valence-corrected chi connectivity index (χ2v) is 9.90. The average Bonchev–Trinajstić information content (AvgIpc) is 2.80. The van der Waals surface area contributed by atoms with Crippen LogP contribution in [0.15, 0.2) is 54.6 Å². The van der Waals surface area contributed by atoms with Crippen LogP contribution in [0.1, 0.15) is 75.8 Å². The number of hydrogen-bond donors (Lipinski definition) is 0. The Bertz CT molecular complexity index is 996. The van der Waals surface area contributed by atoms with Crippen LogP contribution in [-0.2, 0) is 6.42 Å². The van der Waals surface area contributed by atoms with Gasteiger partial charge in [0.2, 0.25) is 0 Å². The fourth-order valence-electron chi connectivity index (χ4n) is 6.09. The van der Waals surface area contributed by atoms with E-state index >= 15 is 8.78 Å². The van der Waals surface area contributed by atoms with Gasteiger partial charge in [-0.25, -0.2) is 13.2 Å². The summed E-state index contributed by atoms with van der Waals surface area (Å²) in [6, 6.07) is 7.52. The van der Waals surface area contributed by atoms with E-state index in [9.17, 15) is 4.39 Å². The molecule has 2 fully saturated rings. The van der Waals surface area contributed by atoms with E-state index in [1.807, 2.05) is 19.1 Å². The lowest BCUT2D eigenvalue weighted by Gasteiger charge is -2.42. The third-order valence-corrected chi connectivity index (χ3v) is 7.81. The van der Waals surface area contributed by atoms with E-state index in [1.165, 1.54) is 37.5 Å². The molecule has 0 saturated heterocycles. The normalized spacial score (nSPS) is 25.6. The predicted molar refractivity (Wildman–Crippen MR) is 131 cm³/mol. The first-order valence-electron chi connectivity index (χ1n) is 12.5. The number of aryl methyl sites for hydroxylation is 1. The highest BCUT2D eigenvalue weighted by molar-refractivity contribution is 5.66. The summed E-state index contributed by atoms with van der Waals surface area (Å²) < 4.78 is 44.8. The van der Waals surface area contributed by atoms with Crippen LogP contribution in [0, 0.1) is 35.2 Å². The van der Waals surface area contributed by atoms with Crippen LogP contribution in [0.4, 0.5) is 13.2 Å². The van der Waals surface area contributed by atoms with Gasteiger partial charge in [-0.2, -0.15) is 0 Å². The summed E-state index contributed by atoms with van der Waals surface area (Å²) in [5.74, 6) is 0.687. The lowest BCUT2D eigenvalue weighted by atomic mass is 9.64. The van der Waals surface area contributed by atoms with Gasteiger partial charge in [0, 0.05) is 0 Å². The van der Waals surface area contributed by atoms with Gasteiger partial charge in [-0.3, -0.25) is 0 Å². The molecule has 0 amide bonds. The zero-order valence-electron chi connectivity index (χ0n) is 19.8. The molecule has 33 heavy (non-hydrogen) atoms. The molecule has 4 unspecified atom stereocenters. The predicted octanol–water partition coefficient (Wildman–Crippen LogP) is 9.16. The monoisotopic (exact) mass is 452 g/mol. The zero-order chi connectivity index (χ0) is 23.4. The molecule has 0 nitrogen and oxygen atoms in total. The quantitative estimate of drug-likeness (QED) is 0.383. The molecule has 2 saturated carbocycles. The van der Waals surface area contributed by atoms with Gasteiger partial charge in [0.15, 0.2) is 0 Å². The minimum atomic E-state index is -0.593. The van der Waals surface area contributed by atoms with Crippen molar-refractivity contribution in [2.24, 2.45) is 17.8 Å². The summed E-state index contributed by atoms with van der Waals surface area (Å²) in [6.45, 7) is 4.01. The third-order valence-electron chi connectivity index (χ3n) is 7.81. The Balaban J connectivity index is 1.50. The Morgan fingerprint density at radius 1 is 0.818 bits per heavy atom. The number of allylic oxidation sites excluding steroid dienone is 4. The maximum atomic E-state index is 15.1. The van der Waals surface area contributed by atoms with E-state index in [2.05, 4.69) is 19.1 Å². The van der Waals surface area contributed by atoms with Crippen molar-refractivity contribution < 1.29 is 13.2 Å². The summed E-state index contributed by atoms with van der Waals surface area (Å²) in [7, 11) is 0. The van der Waals surface area contributed by atoms with Crippen molar-refractivity contribution in [3.8, 4) is 11.1 Å². The Hall–Kier alpha value is -2.29. The molecule has 0 aliphatic heterocycles. The van der Waals surface area contributed by atoms with Crippen LogP contribution in [0.2, 0.25) is 0 Å². The minimum Gasteiger partial charge on any atom is -0.207 e. The topological polar surface area (TPSA) is 0 Å². The number of hydrogen-bond acceptors (Lipinski definition) is 0. The van der Waals surface area contributed by atoms with Crippen molar-refractivity contribution >= 4 is 0 Å². The van der Waals surface area contributed by atoms with E-state index in [1.54, 1.807) is 12.1 Å². The number of benzene rings is 2. The highest BCUT2D eigenvalue weighted by Gasteiger charge is 2.35. The molecule has 0 N–H and O–H groups in total. The van der Waals surface area contributed by atoms with Crippen LogP contribution in [0.25, 0.3) is 11.1 Å². The Morgan fingerprint density at radius 2 is 1.55 bits per heavy atom. The zero-order valence-corrected chi connectivity index (χ0v) is 19.8. The molecule has 0 radical (unpaired) electrons. The molecule has 176 valence electrons. The Morgan fingerprint density at radius 3 is 2.24 bits per heavy atom. The highest BCUT2D eigenvalue weighted by Crippen LogP contribution is 2.48. The van der Waals surface area contributed by atoms with Gasteiger partial charge in [0.05, 0.1) is 5.56 Å². The minimum absolute atomic E-state index is 0.127. The van der Waals surface area contributed by atoms with Crippen molar-refractivity contribution in [3.63, 3.8) is 0 Å². The highest BCUT2D eigenvalue weighted by atomic mass is 19.1. The van der Waals surface area contributed by atoms with Crippen molar-refractivity contribution in [3.05, 3.63) is 83.2 Å². The molecule has 0 bridgehead atoms. The van der Waals surface area contributed by atoms with Gasteiger partial charge in [0.25, 0.3) is 0 Å². The van der Waals surface area contributed by atoms with E-state index in [0.29, 0.717) is 23.8 Å². The summed E-state index contributed by atoms with van der Waals surface area (Å²) >= 11 is 0. The van der Waals surface area contributed by atoms with E-state index in [0.717, 1.165) is 37.2 Å². The van der Waals surface area contributed by atoms with Gasteiger partial charge in [-0.05, 0) is 124 Å². The van der Waals surface area contributed by atoms with Crippen molar-refractivity contribution in [1.29, 1.82) is 0 Å². The Kier molecular flexibility index (Phi) is 7.78. The van der Waals surface area contributed by atoms with Crippen LogP contribution in [0.3, 0.4) is 0 Å². The average molecular weight is 453 g/mol. The smallest absolute Gasteiger partial charge is 0.134 e. The van der Waals surface area contributed by atoms with Crippen molar-refractivity contribution in [1.82, 2.24) is 0 Å². The standard InChI is InChI=1S/C30H35F3/c1-3-5-6-8-21-11-14-25(17-27(21)31)30-28(32)18-26(19-29(30)33)24-13-12-22-15-20(7-4-2)9-10-23(22)16-24/h3-5,7,11,14,17-20,22-24H,6,8-10,12-13,15-16H2,1-2H3/b5-3+,7-4+. The first-order chi connectivity index (χ1) is 16.0. The number of halogens is 3. The first-order valence-corrected chi connectivity index (χ1v) is 12.5. The summed E-state index contributed by atoms with van der Waals surface area (Å²) in [5.41, 5.74) is 1.45. The third kappa shape index (κ3) is 5.45. The molecule has 0 heterocycles. The summed E-state index contributed by atoms with van der Waals surface area (Å²) in [6.07, 6.45) is 16.5. The number of fused-ring (bicyclic) bond motifs is 1. The molecule has 0 aromatic heterocycles. The van der Waals surface area contributed by atoms with Gasteiger partial charge in [-0.15, -0.1) is 0 Å². The number of rotatable bonds is 6. The fraction of sp³-hybridized carbons (Fsp3) is 0.467. The van der Waals surface area contributed by atoms with Crippen LogP contribution >= 0.6 is 0 Å². The molecule has 4 atom stereocenters. The molecule has 3 heteroatoms. The second kappa shape index (κ2) is 10.8. The maximum absolute atomic E-state index is 15.1. The maximum Gasteiger partial charge on any atom is 0.134 e. The first kappa shape index (κ1) is 23.9.